The molecule has 0 radical (unpaired) electrons. The van der Waals surface area contributed by atoms with Crippen molar-refractivity contribution in [1.82, 2.24) is 5.48 Å². The van der Waals surface area contributed by atoms with Crippen LogP contribution >= 0.6 is 0 Å². The largest absolute Gasteiger partial charge is 0.298 e. The van der Waals surface area contributed by atoms with Crippen LogP contribution in [0.1, 0.15) is 51.4 Å². The minimum Gasteiger partial charge on any atom is -0.298 e. The minimum absolute atomic E-state index is 0.519. The van der Waals surface area contributed by atoms with Crippen LogP contribution in [0.25, 0.3) is 0 Å². The lowest BCUT2D eigenvalue weighted by Gasteiger charge is -2.16. The van der Waals surface area contributed by atoms with Crippen molar-refractivity contribution in [3.8, 4) is 0 Å². The Balaban J connectivity index is 1.60. The van der Waals surface area contributed by atoms with E-state index in [1.165, 1.54) is 51.4 Å². The zero-order valence-electron chi connectivity index (χ0n) is 7.72. The third-order valence-electron chi connectivity index (χ3n) is 3.06. The molecule has 2 fully saturated rings. The maximum atomic E-state index is 5.64. The Bertz CT molecular complexity index is 110. The van der Waals surface area contributed by atoms with Gasteiger partial charge < -0.3 is 0 Å². The second-order valence-electron chi connectivity index (χ2n) is 4.12. The molecule has 2 aliphatic rings. The van der Waals surface area contributed by atoms with Crippen molar-refractivity contribution in [2.24, 2.45) is 0 Å². The van der Waals surface area contributed by atoms with Gasteiger partial charge in [0.1, 0.15) is 0 Å². The molecular weight excluding hydrogens is 150 g/mol. The Morgan fingerprint density at radius 3 is 2.08 bits per heavy atom. The molecule has 0 spiro atoms. The van der Waals surface area contributed by atoms with Gasteiger partial charge in [-0.15, -0.1) is 0 Å². The zero-order chi connectivity index (χ0) is 8.23. The molecule has 0 saturated heterocycles. The first-order valence-electron chi connectivity index (χ1n) is 5.36. The van der Waals surface area contributed by atoms with E-state index < -0.39 is 0 Å². The quantitative estimate of drug-likeness (QED) is 0.655. The normalized spacial score (nSPS) is 27.0. The van der Waals surface area contributed by atoms with Crippen LogP contribution in [0.5, 0.6) is 0 Å². The second kappa shape index (κ2) is 4.24. The lowest BCUT2D eigenvalue weighted by molar-refractivity contribution is -0.0388. The topological polar surface area (TPSA) is 21.3 Å². The van der Waals surface area contributed by atoms with Gasteiger partial charge in [0.05, 0.1) is 6.10 Å². The highest BCUT2D eigenvalue weighted by Gasteiger charge is 2.19. The van der Waals surface area contributed by atoms with Crippen molar-refractivity contribution in [2.75, 3.05) is 0 Å². The molecule has 70 valence electrons. The second-order valence-corrected chi connectivity index (χ2v) is 4.12. The fourth-order valence-corrected chi connectivity index (χ4v) is 2.24. The van der Waals surface area contributed by atoms with E-state index in [1.807, 2.05) is 0 Å². The molecule has 0 unspecified atom stereocenters. The molecule has 2 rings (SSSR count). The smallest absolute Gasteiger partial charge is 0.0790 e. The van der Waals surface area contributed by atoms with E-state index in [-0.39, 0.29) is 0 Å². The molecule has 0 aliphatic heterocycles. The number of nitrogens with one attached hydrogen (secondary N) is 1. The first-order chi connectivity index (χ1) is 5.95. The maximum Gasteiger partial charge on any atom is 0.0790 e. The molecule has 2 aliphatic carbocycles. The summed E-state index contributed by atoms with van der Waals surface area (Å²) in [5, 5.41) is 0. The highest BCUT2D eigenvalue weighted by atomic mass is 16.7. The van der Waals surface area contributed by atoms with Gasteiger partial charge in [-0.1, -0.05) is 25.7 Å². The van der Waals surface area contributed by atoms with Crippen LogP contribution in [0.3, 0.4) is 0 Å². The minimum atomic E-state index is 0.519. The van der Waals surface area contributed by atoms with Crippen LogP contribution in [0.4, 0.5) is 0 Å². The summed E-state index contributed by atoms with van der Waals surface area (Å²) >= 11 is 0. The van der Waals surface area contributed by atoms with E-state index in [0.717, 1.165) is 0 Å². The summed E-state index contributed by atoms with van der Waals surface area (Å²) in [6, 6.07) is 0.658. The van der Waals surface area contributed by atoms with Crippen molar-refractivity contribution in [1.29, 1.82) is 0 Å². The number of hydrogen-bond donors (Lipinski definition) is 1. The summed E-state index contributed by atoms with van der Waals surface area (Å²) in [5.74, 6) is 0. The van der Waals surface area contributed by atoms with Gasteiger partial charge in [0.25, 0.3) is 0 Å². The van der Waals surface area contributed by atoms with Gasteiger partial charge in [-0.05, 0) is 25.7 Å². The van der Waals surface area contributed by atoms with E-state index in [0.29, 0.717) is 12.1 Å². The van der Waals surface area contributed by atoms with Crippen LogP contribution in [-0.2, 0) is 4.84 Å². The molecule has 2 heteroatoms. The third-order valence-corrected chi connectivity index (χ3v) is 3.06. The van der Waals surface area contributed by atoms with E-state index in [1.54, 1.807) is 0 Å². The van der Waals surface area contributed by atoms with Gasteiger partial charge in [-0.2, -0.15) is 5.48 Å². The molecule has 0 atom stereocenters. The fourth-order valence-electron chi connectivity index (χ4n) is 2.24. The van der Waals surface area contributed by atoms with Gasteiger partial charge in [-0.25, -0.2) is 0 Å². The van der Waals surface area contributed by atoms with Crippen LogP contribution in [-0.4, -0.2) is 12.1 Å². The summed E-state index contributed by atoms with van der Waals surface area (Å²) in [7, 11) is 0. The lowest BCUT2D eigenvalue weighted by atomic mass is 10.3. The molecule has 0 amide bonds. The number of hydrogen-bond acceptors (Lipinski definition) is 2. The fraction of sp³-hybridized carbons (Fsp3) is 1.00. The molecule has 1 N–H and O–H groups in total. The summed E-state index contributed by atoms with van der Waals surface area (Å²) in [6.45, 7) is 0. The summed E-state index contributed by atoms with van der Waals surface area (Å²) in [6.07, 6.45) is 11.1. The standard InChI is InChI=1S/C10H19NO/c1-2-6-9(5-1)11-12-10-7-3-4-8-10/h9-11H,1-8H2. The molecule has 0 aromatic carbocycles. The number of rotatable bonds is 3. The van der Waals surface area contributed by atoms with E-state index >= 15 is 0 Å². The van der Waals surface area contributed by atoms with Crippen molar-refractivity contribution in [3.63, 3.8) is 0 Å². The van der Waals surface area contributed by atoms with Crippen molar-refractivity contribution < 1.29 is 4.84 Å². The van der Waals surface area contributed by atoms with Crippen molar-refractivity contribution >= 4 is 0 Å². The third kappa shape index (κ3) is 2.20. The molecule has 0 aromatic rings. The molecule has 0 heterocycles. The summed E-state index contributed by atoms with van der Waals surface area (Å²) < 4.78 is 0. The van der Waals surface area contributed by atoms with Crippen LogP contribution < -0.4 is 5.48 Å². The van der Waals surface area contributed by atoms with Crippen molar-refractivity contribution in [3.05, 3.63) is 0 Å². The maximum absolute atomic E-state index is 5.64. The van der Waals surface area contributed by atoms with Gasteiger partial charge >= 0.3 is 0 Å². The zero-order valence-corrected chi connectivity index (χ0v) is 7.72. The summed E-state index contributed by atoms with van der Waals surface area (Å²) in [4.78, 5) is 5.64. The first kappa shape index (κ1) is 8.52. The Kier molecular flexibility index (Phi) is 3.01. The number of hydroxylamine groups is 1. The van der Waals surface area contributed by atoms with Gasteiger partial charge in [0.2, 0.25) is 0 Å². The monoisotopic (exact) mass is 169 g/mol. The highest BCUT2D eigenvalue weighted by Crippen LogP contribution is 2.22. The summed E-state index contributed by atoms with van der Waals surface area (Å²) in [5.41, 5.74) is 3.22. The molecular formula is C10H19NO. The average Bonchev–Trinajstić information content (AvgIpc) is 2.74. The molecule has 2 saturated carbocycles. The molecule has 0 aromatic heterocycles. The highest BCUT2D eigenvalue weighted by molar-refractivity contribution is 4.71. The van der Waals surface area contributed by atoms with Gasteiger partial charge in [0, 0.05) is 6.04 Å². The Morgan fingerprint density at radius 1 is 0.833 bits per heavy atom. The lowest BCUT2D eigenvalue weighted by Crippen LogP contribution is -2.30. The van der Waals surface area contributed by atoms with E-state index in [9.17, 15) is 0 Å². The Labute approximate surface area is 74.6 Å². The van der Waals surface area contributed by atoms with Gasteiger partial charge in [0.15, 0.2) is 0 Å². The SMILES string of the molecule is C1CCC(NOC2CCCC2)C1. The Hall–Kier alpha value is -0.0800. The van der Waals surface area contributed by atoms with Crippen LogP contribution in [0.2, 0.25) is 0 Å². The van der Waals surface area contributed by atoms with Gasteiger partial charge in [-0.3, -0.25) is 4.84 Å². The predicted octanol–water partition coefficient (Wildman–Crippen LogP) is 2.39. The van der Waals surface area contributed by atoms with Crippen LogP contribution in [0.15, 0.2) is 0 Å². The van der Waals surface area contributed by atoms with E-state index in [2.05, 4.69) is 5.48 Å². The van der Waals surface area contributed by atoms with Crippen LogP contribution in [0, 0.1) is 0 Å². The molecule has 0 bridgehead atoms. The predicted molar refractivity (Wildman–Crippen MR) is 48.7 cm³/mol. The van der Waals surface area contributed by atoms with Crippen molar-refractivity contribution in [2.45, 2.75) is 63.5 Å². The molecule has 12 heavy (non-hydrogen) atoms. The van der Waals surface area contributed by atoms with E-state index in [4.69, 9.17) is 4.84 Å². The first-order valence-corrected chi connectivity index (χ1v) is 5.36. The molecule has 2 nitrogen and oxygen atoms in total. The average molecular weight is 169 g/mol. The Morgan fingerprint density at radius 2 is 1.42 bits per heavy atom.